The van der Waals surface area contributed by atoms with Crippen LogP contribution in [0.5, 0.6) is 0 Å². The van der Waals surface area contributed by atoms with Crippen LogP contribution < -0.4 is 4.74 Å². The summed E-state index contributed by atoms with van der Waals surface area (Å²) in [5.41, 5.74) is 3.43. The maximum Gasteiger partial charge on any atom is 0.673 e. The number of hydrogen-bond donors (Lipinski definition) is 0. The Morgan fingerprint density at radius 1 is 0.920 bits per heavy atom. The van der Waals surface area contributed by atoms with Crippen LogP contribution in [0.15, 0.2) is 53.1 Å². The van der Waals surface area contributed by atoms with Gasteiger partial charge in [-0.1, -0.05) is 36.4 Å². The zero-order valence-corrected chi connectivity index (χ0v) is 14.6. The number of aromatic nitrogens is 1. The van der Waals surface area contributed by atoms with Gasteiger partial charge in [-0.15, -0.1) is 0 Å². The minimum atomic E-state index is -6.00. The predicted octanol–water partition coefficient (Wildman–Crippen LogP) is 5.75. The van der Waals surface area contributed by atoms with E-state index in [1.165, 1.54) is 5.56 Å². The molecule has 0 N–H and O–H groups in total. The third-order valence-corrected chi connectivity index (χ3v) is 3.44. The molecule has 2 nitrogen and oxygen atoms in total. The normalized spacial score (nSPS) is 12.0. The van der Waals surface area contributed by atoms with Crippen molar-refractivity contribution in [1.29, 1.82) is 0 Å². The Kier molecular flexibility index (Phi) is 5.25. The van der Waals surface area contributed by atoms with Gasteiger partial charge in [0.15, 0.2) is 0 Å². The van der Waals surface area contributed by atoms with Crippen LogP contribution in [0.25, 0.3) is 22.2 Å². The largest absolute Gasteiger partial charge is 0.673 e. The van der Waals surface area contributed by atoms with Gasteiger partial charge in [0.05, 0.1) is 0 Å². The molecule has 3 rings (SSSR count). The van der Waals surface area contributed by atoms with Crippen molar-refractivity contribution in [3.8, 4) is 11.3 Å². The Morgan fingerprint density at radius 3 is 2.00 bits per heavy atom. The van der Waals surface area contributed by atoms with Crippen LogP contribution in [-0.2, 0) is 5.54 Å². The van der Waals surface area contributed by atoms with Crippen molar-refractivity contribution < 1.29 is 26.5 Å². The Hall–Kier alpha value is -2.31. The van der Waals surface area contributed by atoms with E-state index in [1.807, 2.05) is 22.9 Å². The third-order valence-electron chi connectivity index (χ3n) is 3.44. The topological polar surface area (TPSA) is 17.0 Å². The lowest BCUT2D eigenvalue weighted by molar-refractivity contribution is -0.886. The molecule has 3 aromatic rings. The van der Waals surface area contributed by atoms with Gasteiger partial charge >= 0.3 is 7.25 Å². The quantitative estimate of drug-likeness (QED) is 0.309. The van der Waals surface area contributed by atoms with E-state index in [2.05, 4.69) is 58.0 Å². The fraction of sp³-hybridized carbons (Fsp3) is 0.278. The Bertz CT molecular complexity index is 845. The van der Waals surface area contributed by atoms with Gasteiger partial charge < -0.3 is 17.3 Å². The number of halogens is 4. The average molecular weight is 353 g/mol. The van der Waals surface area contributed by atoms with Gasteiger partial charge in [-0.25, -0.2) is 4.52 Å². The highest BCUT2D eigenvalue weighted by molar-refractivity contribution is 6.50. The Morgan fingerprint density at radius 2 is 1.48 bits per heavy atom. The Labute approximate surface area is 144 Å². The number of aryl methyl sites for hydroxylation is 1. The first-order chi connectivity index (χ1) is 11.5. The molecule has 0 amide bonds. The fourth-order valence-electron chi connectivity index (χ4n) is 2.49. The molecule has 0 fully saturated rings. The van der Waals surface area contributed by atoms with E-state index in [0.717, 1.165) is 22.2 Å². The summed E-state index contributed by atoms with van der Waals surface area (Å²) in [5.74, 6) is 0.940. The molecule has 0 spiro atoms. The van der Waals surface area contributed by atoms with E-state index in [1.54, 1.807) is 0 Å². The first-order valence-electron chi connectivity index (χ1n) is 7.86. The summed E-state index contributed by atoms with van der Waals surface area (Å²) < 4.78 is 47.2. The van der Waals surface area contributed by atoms with Crippen LogP contribution in [-0.4, -0.2) is 7.25 Å². The standard InChI is InChI=1S/C18H20NO.BF4/c1-13-10-11-15-16(12-13)19(18(2,3)4)20-17(15)14-8-6-5-7-9-14;2-1(3,4)5/h5-12H,1-4H3;/q+1;-1. The molecular formula is C18H20BF4NO. The fourth-order valence-corrected chi connectivity index (χ4v) is 2.49. The van der Waals surface area contributed by atoms with Crippen LogP contribution in [0.2, 0.25) is 0 Å². The maximum atomic E-state index is 9.75. The Balaban J connectivity index is 0.000000399. The van der Waals surface area contributed by atoms with E-state index >= 15 is 0 Å². The van der Waals surface area contributed by atoms with Crippen molar-refractivity contribution in [1.82, 2.24) is 0 Å². The smallest absolute Gasteiger partial charge is 0.418 e. The summed E-state index contributed by atoms with van der Waals surface area (Å²) in [7, 11) is -6.00. The minimum Gasteiger partial charge on any atom is -0.418 e. The van der Waals surface area contributed by atoms with Crippen LogP contribution in [0, 0.1) is 6.92 Å². The molecular weight excluding hydrogens is 333 g/mol. The lowest BCUT2D eigenvalue weighted by Gasteiger charge is -2.07. The molecule has 0 bridgehead atoms. The number of rotatable bonds is 1. The third kappa shape index (κ3) is 5.08. The van der Waals surface area contributed by atoms with Gasteiger partial charge in [0.1, 0.15) is 5.39 Å². The van der Waals surface area contributed by atoms with E-state index in [-0.39, 0.29) is 5.54 Å². The molecule has 25 heavy (non-hydrogen) atoms. The monoisotopic (exact) mass is 353 g/mol. The molecule has 1 heterocycles. The number of fused-ring (bicyclic) bond motifs is 1. The second-order valence-corrected chi connectivity index (χ2v) is 6.77. The first-order valence-corrected chi connectivity index (χ1v) is 7.86. The highest BCUT2D eigenvalue weighted by atomic mass is 19.5. The number of benzene rings is 2. The second-order valence-electron chi connectivity index (χ2n) is 6.77. The summed E-state index contributed by atoms with van der Waals surface area (Å²) >= 11 is 0. The van der Waals surface area contributed by atoms with Crippen molar-refractivity contribution in [3.05, 3.63) is 54.1 Å². The van der Waals surface area contributed by atoms with Gasteiger partial charge in [-0.05, 0) is 23.3 Å². The zero-order chi connectivity index (χ0) is 18.8. The van der Waals surface area contributed by atoms with Crippen molar-refractivity contribution in [3.63, 3.8) is 0 Å². The average Bonchev–Trinajstić information content (AvgIpc) is 2.85. The highest BCUT2D eigenvalue weighted by Crippen LogP contribution is 2.29. The highest BCUT2D eigenvalue weighted by Gasteiger charge is 2.32. The predicted molar refractivity (Wildman–Crippen MR) is 91.8 cm³/mol. The second kappa shape index (κ2) is 6.90. The molecule has 0 aliphatic heterocycles. The van der Waals surface area contributed by atoms with Gasteiger partial charge in [0, 0.05) is 32.4 Å². The lowest BCUT2D eigenvalue weighted by Crippen LogP contribution is -2.48. The molecule has 0 aliphatic carbocycles. The van der Waals surface area contributed by atoms with Gasteiger partial charge in [-0.3, -0.25) is 0 Å². The zero-order valence-electron chi connectivity index (χ0n) is 14.6. The minimum absolute atomic E-state index is 0.0843. The van der Waals surface area contributed by atoms with E-state index in [0.29, 0.717) is 0 Å². The summed E-state index contributed by atoms with van der Waals surface area (Å²) in [5, 5.41) is 1.16. The molecule has 0 radical (unpaired) electrons. The molecule has 7 heteroatoms. The first kappa shape index (κ1) is 19.0. The van der Waals surface area contributed by atoms with Crippen LogP contribution in [0.3, 0.4) is 0 Å². The van der Waals surface area contributed by atoms with E-state index in [4.69, 9.17) is 4.52 Å². The van der Waals surface area contributed by atoms with Crippen molar-refractivity contribution in [2.24, 2.45) is 0 Å². The SMILES string of the molecule is Cc1ccc2c(-c3ccccc3)o[n+](C(C)(C)C)c2c1.F[B-](F)(F)F. The summed E-state index contributed by atoms with van der Waals surface area (Å²) in [6.07, 6.45) is 0. The molecule has 0 unspecified atom stereocenters. The molecule has 0 saturated heterocycles. The van der Waals surface area contributed by atoms with Crippen molar-refractivity contribution in [2.45, 2.75) is 33.2 Å². The molecule has 1 aromatic heterocycles. The van der Waals surface area contributed by atoms with Crippen molar-refractivity contribution in [2.75, 3.05) is 0 Å². The summed E-state index contributed by atoms with van der Waals surface area (Å²) in [6.45, 7) is 8.59. The van der Waals surface area contributed by atoms with Crippen LogP contribution >= 0.6 is 0 Å². The molecule has 134 valence electrons. The molecule has 0 atom stereocenters. The maximum absolute atomic E-state index is 9.75. The lowest BCUT2D eigenvalue weighted by atomic mass is 10.1. The summed E-state index contributed by atoms with van der Waals surface area (Å²) in [4.78, 5) is 0. The van der Waals surface area contributed by atoms with Crippen LogP contribution in [0.4, 0.5) is 17.3 Å². The number of hydrogen-bond acceptors (Lipinski definition) is 1. The number of nitrogens with zero attached hydrogens (tertiary/aromatic N) is 1. The molecule has 0 aliphatic rings. The molecule has 0 saturated carbocycles. The van der Waals surface area contributed by atoms with E-state index < -0.39 is 7.25 Å². The summed E-state index contributed by atoms with van der Waals surface area (Å²) in [6, 6.07) is 16.8. The molecule has 2 aromatic carbocycles. The van der Waals surface area contributed by atoms with Gasteiger partial charge in [-0.2, -0.15) is 0 Å². The van der Waals surface area contributed by atoms with Crippen LogP contribution in [0.1, 0.15) is 26.3 Å². The van der Waals surface area contributed by atoms with E-state index in [9.17, 15) is 17.3 Å². The van der Waals surface area contributed by atoms with Gasteiger partial charge in [0.25, 0.3) is 5.52 Å². The van der Waals surface area contributed by atoms with Gasteiger partial charge in [0.2, 0.25) is 11.3 Å². The van der Waals surface area contributed by atoms with Crippen molar-refractivity contribution >= 4 is 18.2 Å².